The summed E-state index contributed by atoms with van der Waals surface area (Å²) in [7, 11) is 2.95. The predicted molar refractivity (Wildman–Crippen MR) is 106 cm³/mol. The lowest BCUT2D eigenvalue weighted by Gasteiger charge is -2.45. The highest BCUT2D eigenvalue weighted by molar-refractivity contribution is 6.07. The third-order valence-corrected chi connectivity index (χ3v) is 6.97. The Morgan fingerprint density at radius 2 is 2.14 bits per heavy atom. The SMILES string of the molecule is CCC1CN2CC[C@@]3(C(=O)Nc4ccccc43)[C@@H]2CC1/C(=C\OC)C(=O)OC. The number of anilines is 1. The quantitative estimate of drug-likeness (QED) is 0.491. The summed E-state index contributed by atoms with van der Waals surface area (Å²) in [5.41, 5.74) is 2.05. The van der Waals surface area contributed by atoms with Gasteiger partial charge in [-0.05, 0) is 42.9 Å². The Bertz CT molecular complexity index is 821. The fourth-order valence-corrected chi connectivity index (χ4v) is 5.63. The van der Waals surface area contributed by atoms with Crippen LogP contribution in [0.15, 0.2) is 36.1 Å². The molecule has 0 bridgehead atoms. The van der Waals surface area contributed by atoms with Crippen molar-refractivity contribution in [2.24, 2.45) is 11.8 Å². The van der Waals surface area contributed by atoms with Crippen LogP contribution in [0.2, 0.25) is 0 Å². The lowest BCUT2D eigenvalue weighted by molar-refractivity contribution is -0.137. The molecule has 150 valence electrons. The molecule has 1 amide bonds. The average Bonchev–Trinajstić information content (AvgIpc) is 3.23. The molecular formula is C22H28N2O4. The van der Waals surface area contributed by atoms with Crippen molar-refractivity contribution in [2.75, 3.05) is 32.6 Å². The number of hydrogen-bond acceptors (Lipinski definition) is 5. The summed E-state index contributed by atoms with van der Waals surface area (Å²) in [6, 6.07) is 8.07. The Morgan fingerprint density at radius 1 is 1.36 bits per heavy atom. The highest BCUT2D eigenvalue weighted by Gasteiger charge is 2.60. The van der Waals surface area contributed by atoms with Crippen LogP contribution in [0.4, 0.5) is 5.69 Å². The van der Waals surface area contributed by atoms with Crippen molar-refractivity contribution < 1.29 is 19.1 Å². The molecule has 1 aromatic carbocycles. The van der Waals surface area contributed by atoms with E-state index < -0.39 is 5.41 Å². The highest BCUT2D eigenvalue weighted by atomic mass is 16.5. The zero-order chi connectivity index (χ0) is 19.9. The molecule has 3 aliphatic rings. The zero-order valence-electron chi connectivity index (χ0n) is 16.7. The van der Waals surface area contributed by atoms with E-state index >= 15 is 0 Å². The second kappa shape index (κ2) is 7.24. The Balaban J connectivity index is 1.74. The Morgan fingerprint density at radius 3 is 2.86 bits per heavy atom. The van der Waals surface area contributed by atoms with Gasteiger partial charge in [0, 0.05) is 18.3 Å². The van der Waals surface area contributed by atoms with Crippen LogP contribution in [-0.4, -0.2) is 50.1 Å². The fraction of sp³-hybridized carbons (Fsp3) is 0.545. The molecule has 2 saturated heterocycles. The van der Waals surface area contributed by atoms with Crippen LogP contribution < -0.4 is 5.32 Å². The van der Waals surface area contributed by atoms with Crippen molar-refractivity contribution in [1.29, 1.82) is 0 Å². The predicted octanol–water partition coefficient (Wildman–Crippen LogP) is 2.70. The number of piperidine rings is 1. The van der Waals surface area contributed by atoms with Gasteiger partial charge in [-0.3, -0.25) is 9.69 Å². The first kappa shape index (κ1) is 19.0. The molecule has 2 fully saturated rings. The summed E-state index contributed by atoms with van der Waals surface area (Å²) in [6.07, 6.45) is 4.04. The van der Waals surface area contributed by atoms with Gasteiger partial charge in [-0.15, -0.1) is 0 Å². The number of amides is 1. The van der Waals surface area contributed by atoms with Crippen molar-refractivity contribution in [1.82, 2.24) is 4.90 Å². The molecule has 1 aromatic rings. The van der Waals surface area contributed by atoms with Gasteiger partial charge in [-0.2, -0.15) is 0 Å². The molecule has 0 aromatic heterocycles. The molecule has 4 rings (SSSR count). The van der Waals surface area contributed by atoms with Crippen LogP contribution >= 0.6 is 0 Å². The van der Waals surface area contributed by atoms with E-state index in [4.69, 9.17) is 9.47 Å². The van der Waals surface area contributed by atoms with Crippen molar-refractivity contribution in [3.8, 4) is 0 Å². The summed E-state index contributed by atoms with van der Waals surface area (Å²) >= 11 is 0. The van der Waals surface area contributed by atoms with Gasteiger partial charge in [0.2, 0.25) is 5.91 Å². The van der Waals surface area contributed by atoms with E-state index in [0.29, 0.717) is 11.5 Å². The summed E-state index contributed by atoms with van der Waals surface area (Å²) in [5.74, 6) is 0.0769. The number of methoxy groups -OCH3 is 2. The number of carbonyl (C=O) groups is 2. The number of hydrogen-bond donors (Lipinski definition) is 1. The second-order valence-corrected chi connectivity index (χ2v) is 8.04. The van der Waals surface area contributed by atoms with Crippen molar-refractivity contribution in [3.63, 3.8) is 0 Å². The van der Waals surface area contributed by atoms with Crippen molar-refractivity contribution >= 4 is 17.6 Å². The third kappa shape index (κ3) is 2.65. The van der Waals surface area contributed by atoms with Gasteiger partial charge in [0.1, 0.15) is 0 Å². The molecule has 6 nitrogen and oxygen atoms in total. The van der Waals surface area contributed by atoms with Crippen LogP contribution in [0.1, 0.15) is 31.7 Å². The van der Waals surface area contributed by atoms with E-state index in [-0.39, 0.29) is 23.8 Å². The molecule has 0 aliphatic carbocycles. The molecule has 1 N–H and O–H groups in total. The van der Waals surface area contributed by atoms with E-state index in [2.05, 4.69) is 23.2 Å². The first-order valence-electron chi connectivity index (χ1n) is 10.0. The number of fused-ring (bicyclic) bond motifs is 4. The van der Waals surface area contributed by atoms with Crippen LogP contribution in [0.3, 0.4) is 0 Å². The zero-order valence-corrected chi connectivity index (χ0v) is 16.7. The Kier molecular flexibility index (Phi) is 4.91. The molecular weight excluding hydrogens is 356 g/mol. The number of para-hydroxylation sites is 1. The number of benzene rings is 1. The minimum Gasteiger partial charge on any atom is -0.504 e. The van der Waals surface area contributed by atoms with Crippen LogP contribution in [0.5, 0.6) is 0 Å². The van der Waals surface area contributed by atoms with E-state index in [1.807, 2.05) is 18.2 Å². The maximum atomic E-state index is 13.2. The fourth-order valence-electron chi connectivity index (χ4n) is 5.63. The smallest absolute Gasteiger partial charge is 0.337 e. The minimum absolute atomic E-state index is 0.00851. The molecule has 4 atom stereocenters. The molecule has 1 spiro atoms. The molecule has 28 heavy (non-hydrogen) atoms. The monoisotopic (exact) mass is 384 g/mol. The minimum atomic E-state index is -0.540. The summed E-state index contributed by atoms with van der Waals surface area (Å²) in [4.78, 5) is 28.1. The van der Waals surface area contributed by atoms with Crippen LogP contribution in [0, 0.1) is 11.8 Å². The summed E-state index contributed by atoms with van der Waals surface area (Å²) in [6.45, 7) is 3.93. The number of nitrogens with one attached hydrogen (secondary N) is 1. The molecule has 3 heterocycles. The number of esters is 1. The number of rotatable bonds is 4. The van der Waals surface area contributed by atoms with Crippen LogP contribution in [0.25, 0.3) is 0 Å². The maximum absolute atomic E-state index is 13.2. The van der Waals surface area contributed by atoms with Crippen LogP contribution in [-0.2, 0) is 24.5 Å². The topological polar surface area (TPSA) is 67.9 Å². The molecule has 0 saturated carbocycles. The van der Waals surface area contributed by atoms with E-state index in [9.17, 15) is 9.59 Å². The first-order chi connectivity index (χ1) is 13.6. The Labute approximate surface area is 165 Å². The number of ether oxygens (including phenoxy) is 2. The van der Waals surface area contributed by atoms with Gasteiger partial charge in [-0.1, -0.05) is 31.5 Å². The molecule has 2 unspecified atom stereocenters. The van der Waals surface area contributed by atoms with E-state index in [0.717, 1.165) is 43.6 Å². The van der Waals surface area contributed by atoms with Gasteiger partial charge >= 0.3 is 5.97 Å². The largest absolute Gasteiger partial charge is 0.504 e. The van der Waals surface area contributed by atoms with Gasteiger partial charge in [-0.25, -0.2) is 4.79 Å². The van der Waals surface area contributed by atoms with Gasteiger partial charge < -0.3 is 14.8 Å². The van der Waals surface area contributed by atoms with Crippen molar-refractivity contribution in [2.45, 2.75) is 37.6 Å². The summed E-state index contributed by atoms with van der Waals surface area (Å²) < 4.78 is 10.3. The number of nitrogens with zero attached hydrogens (tertiary/aromatic N) is 1. The van der Waals surface area contributed by atoms with E-state index in [1.54, 1.807) is 7.11 Å². The third-order valence-electron chi connectivity index (χ3n) is 6.97. The maximum Gasteiger partial charge on any atom is 0.337 e. The molecule has 3 aliphatic heterocycles. The highest BCUT2D eigenvalue weighted by Crippen LogP contribution is 2.53. The van der Waals surface area contributed by atoms with E-state index in [1.165, 1.54) is 13.4 Å². The lowest BCUT2D eigenvalue weighted by atomic mass is 9.67. The van der Waals surface area contributed by atoms with Gasteiger partial charge in [0.25, 0.3) is 0 Å². The van der Waals surface area contributed by atoms with Gasteiger partial charge in [0.05, 0.1) is 31.5 Å². The number of carbonyl (C=O) groups excluding carboxylic acids is 2. The standard InChI is InChI=1S/C22H28N2O4/c1-4-14-12-24-10-9-22(17-7-5-6-8-18(17)23-21(22)26)19(24)11-15(14)16(13-27-2)20(25)28-3/h5-8,13-15,19H,4,9-12H2,1-3H3,(H,23,26)/b16-13+/t14?,15?,19-,22-/m0/s1. The van der Waals surface area contributed by atoms with Gasteiger partial charge in [0.15, 0.2) is 0 Å². The Hall–Kier alpha value is -2.34. The normalized spacial score (nSPS) is 32.0. The average molecular weight is 384 g/mol. The molecule has 0 radical (unpaired) electrons. The first-order valence-corrected chi connectivity index (χ1v) is 10.0. The molecule has 6 heteroatoms. The lowest BCUT2D eigenvalue weighted by Crippen LogP contribution is -2.53. The van der Waals surface area contributed by atoms with Crippen molar-refractivity contribution in [3.05, 3.63) is 41.7 Å². The second-order valence-electron chi connectivity index (χ2n) is 8.04. The summed E-state index contributed by atoms with van der Waals surface area (Å²) in [5, 5.41) is 3.10.